The summed E-state index contributed by atoms with van der Waals surface area (Å²) in [4.78, 5) is 29.2. The smallest absolute Gasteiger partial charge is 0.283 e. The van der Waals surface area contributed by atoms with E-state index in [-0.39, 0.29) is 17.5 Å². The van der Waals surface area contributed by atoms with E-state index in [1.807, 2.05) is 72.8 Å². The van der Waals surface area contributed by atoms with Crippen molar-refractivity contribution in [3.05, 3.63) is 95.0 Å². The molecule has 0 atom stereocenters. The third kappa shape index (κ3) is 4.34. The lowest BCUT2D eigenvalue weighted by Crippen LogP contribution is -2.32. The molecule has 31 heavy (non-hydrogen) atoms. The van der Waals surface area contributed by atoms with Gasteiger partial charge in [-0.05, 0) is 48.4 Å². The van der Waals surface area contributed by atoms with Crippen LogP contribution in [-0.2, 0) is 16.0 Å². The molecule has 1 aliphatic rings. The number of carbonyl (C=O) groups excluding carboxylic acids is 2. The Morgan fingerprint density at radius 2 is 1.65 bits per heavy atom. The SMILES string of the molecule is CCc1ccc(N2C(=O)C(Nc3cccc(OC)c3)=C(Sc3ccccc3)C2=O)cc1. The van der Waals surface area contributed by atoms with Crippen LogP contribution in [0, 0.1) is 0 Å². The molecule has 0 aliphatic carbocycles. The monoisotopic (exact) mass is 430 g/mol. The molecular weight excluding hydrogens is 408 g/mol. The summed E-state index contributed by atoms with van der Waals surface area (Å²) in [6.45, 7) is 2.06. The van der Waals surface area contributed by atoms with Gasteiger partial charge in [0.1, 0.15) is 16.4 Å². The molecule has 156 valence electrons. The van der Waals surface area contributed by atoms with Crippen LogP contribution in [0.1, 0.15) is 12.5 Å². The summed E-state index contributed by atoms with van der Waals surface area (Å²) in [5, 5.41) is 3.16. The maximum Gasteiger partial charge on any atom is 0.283 e. The van der Waals surface area contributed by atoms with E-state index in [2.05, 4.69) is 12.2 Å². The normalized spacial score (nSPS) is 13.7. The molecule has 0 radical (unpaired) electrons. The predicted octanol–water partition coefficient (Wildman–Crippen LogP) is 5.25. The van der Waals surface area contributed by atoms with Gasteiger partial charge in [-0.3, -0.25) is 9.59 Å². The number of nitrogens with zero attached hydrogens (tertiary/aromatic N) is 1. The first-order valence-electron chi connectivity index (χ1n) is 9.96. The Morgan fingerprint density at radius 1 is 0.903 bits per heavy atom. The lowest BCUT2D eigenvalue weighted by Gasteiger charge is -2.16. The molecule has 0 bridgehead atoms. The van der Waals surface area contributed by atoms with Crippen LogP contribution in [0.2, 0.25) is 0 Å². The number of benzene rings is 3. The van der Waals surface area contributed by atoms with Crippen molar-refractivity contribution in [1.82, 2.24) is 0 Å². The Hall–Kier alpha value is -3.51. The number of anilines is 2. The van der Waals surface area contributed by atoms with Gasteiger partial charge in [0.15, 0.2) is 0 Å². The van der Waals surface area contributed by atoms with Gasteiger partial charge in [0.25, 0.3) is 11.8 Å². The molecule has 1 aliphatic heterocycles. The Bertz CT molecular complexity index is 1140. The molecular formula is C25H22N2O3S. The van der Waals surface area contributed by atoms with Gasteiger partial charge in [-0.2, -0.15) is 0 Å². The number of thioether (sulfide) groups is 1. The van der Waals surface area contributed by atoms with Crippen molar-refractivity contribution in [3.63, 3.8) is 0 Å². The molecule has 1 N–H and O–H groups in total. The highest BCUT2D eigenvalue weighted by molar-refractivity contribution is 8.04. The molecule has 3 aromatic rings. The number of hydrogen-bond donors (Lipinski definition) is 1. The number of aryl methyl sites for hydroxylation is 1. The molecule has 0 spiro atoms. The van der Waals surface area contributed by atoms with Crippen molar-refractivity contribution in [3.8, 4) is 5.75 Å². The van der Waals surface area contributed by atoms with Crippen LogP contribution in [0.4, 0.5) is 11.4 Å². The lowest BCUT2D eigenvalue weighted by atomic mass is 10.1. The summed E-state index contributed by atoms with van der Waals surface area (Å²) >= 11 is 1.28. The third-order valence-corrected chi connectivity index (χ3v) is 6.04. The van der Waals surface area contributed by atoms with Gasteiger partial charge in [0.05, 0.1) is 12.8 Å². The molecule has 0 saturated heterocycles. The fourth-order valence-corrected chi connectivity index (χ4v) is 4.23. The zero-order valence-electron chi connectivity index (χ0n) is 17.3. The Kier molecular flexibility index (Phi) is 6.09. The highest BCUT2D eigenvalue weighted by Crippen LogP contribution is 2.38. The fraction of sp³-hybridized carbons (Fsp3) is 0.120. The lowest BCUT2D eigenvalue weighted by molar-refractivity contribution is -0.120. The van der Waals surface area contributed by atoms with Gasteiger partial charge in [-0.25, -0.2) is 4.90 Å². The minimum absolute atomic E-state index is 0.256. The van der Waals surface area contributed by atoms with E-state index in [4.69, 9.17) is 4.74 Å². The molecule has 3 aromatic carbocycles. The summed E-state index contributed by atoms with van der Waals surface area (Å²) in [5.41, 5.74) is 2.63. The average Bonchev–Trinajstić information content (AvgIpc) is 3.04. The minimum atomic E-state index is -0.379. The summed E-state index contributed by atoms with van der Waals surface area (Å²) in [5.74, 6) is -0.0596. The second kappa shape index (κ2) is 9.10. The second-order valence-corrected chi connectivity index (χ2v) is 8.03. The van der Waals surface area contributed by atoms with E-state index in [1.54, 1.807) is 13.2 Å². The Labute approximate surface area is 185 Å². The molecule has 5 nitrogen and oxygen atoms in total. The van der Waals surface area contributed by atoms with Crippen molar-refractivity contribution in [1.29, 1.82) is 0 Å². The number of methoxy groups -OCH3 is 1. The van der Waals surface area contributed by atoms with Crippen LogP contribution in [0.3, 0.4) is 0 Å². The van der Waals surface area contributed by atoms with Crippen LogP contribution in [0.5, 0.6) is 5.75 Å². The Balaban J connectivity index is 1.72. The fourth-order valence-electron chi connectivity index (χ4n) is 3.28. The van der Waals surface area contributed by atoms with Crippen molar-refractivity contribution in [2.45, 2.75) is 18.2 Å². The van der Waals surface area contributed by atoms with Gasteiger partial charge in [-0.15, -0.1) is 0 Å². The number of hydrogen-bond acceptors (Lipinski definition) is 5. The predicted molar refractivity (Wildman–Crippen MR) is 124 cm³/mol. The first-order chi connectivity index (χ1) is 15.1. The van der Waals surface area contributed by atoms with Crippen LogP contribution >= 0.6 is 11.8 Å². The summed E-state index contributed by atoms with van der Waals surface area (Å²) in [7, 11) is 1.58. The molecule has 0 unspecified atom stereocenters. The zero-order valence-corrected chi connectivity index (χ0v) is 18.1. The largest absolute Gasteiger partial charge is 0.497 e. The number of ether oxygens (including phenoxy) is 1. The molecule has 0 fully saturated rings. The van der Waals surface area contributed by atoms with E-state index >= 15 is 0 Å². The highest BCUT2D eigenvalue weighted by atomic mass is 32.2. The highest BCUT2D eigenvalue weighted by Gasteiger charge is 2.40. The zero-order chi connectivity index (χ0) is 21.8. The summed E-state index contributed by atoms with van der Waals surface area (Å²) in [6, 6.07) is 24.3. The van der Waals surface area contributed by atoms with Crippen LogP contribution in [0.25, 0.3) is 0 Å². The van der Waals surface area contributed by atoms with Crippen LogP contribution in [0.15, 0.2) is 94.4 Å². The first kappa shape index (κ1) is 20.8. The van der Waals surface area contributed by atoms with Crippen molar-refractivity contribution in [2.24, 2.45) is 0 Å². The van der Waals surface area contributed by atoms with Crippen molar-refractivity contribution >= 4 is 35.0 Å². The topological polar surface area (TPSA) is 58.6 Å². The van der Waals surface area contributed by atoms with Gasteiger partial charge < -0.3 is 10.1 Å². The van der Waals surface area contributed by atoms with E-state index in [0.717, 1.165) is 16.9 Å². The van der Waals surface area contributed by atoms with Gasteiger partial charge in [-0.1, -0.05) is 55.1 Å². The standard InChI is InChI=1S/C25H22N2O3S/c1-3-17-12-14-19(15-13-17)27-24(28)22(26-18-8-7-9-20(16-18)30-2)23(25(27)29)31-21-10-5-4-6-11-21/h4-16,26H,3H2,1-2H3. The van der Waals surface area contributed by atoms with Crippen molar-refractivity contribution in [2.75, 3.05) is 17.3 Å². The maximum absolute atomic E-state index is 13.4. The van der Waals surface area contributed by atoms with Gasteiger partial charge in [0.2, 0.25) is 0 Å². The second-order valence-electron chi connectivity index (χ2n) is 6.94. The van der Waals surface area contributed by atoms with E-state index in [0.29, 0.717) is 22.0 Å². The van der Waals surface area contributed by atoms with Gasteiger partial charge in [0, 0.05) is 16.6 Å². The molecule has 0 aromatic heterocycles. The first-order valence-corrected chi connectivity index (χ1v) is 10.8. The summed E-state index contributed by atoms with van der Waals surface area (Å²) in [6.07, 6.45) is 0.887. The maximum atomic E-state index is 13.4. The van der Waals surface area contributed by atoms with Gasteiger partial charge >= 0.3 is 0 Å². The quantitative estimate of drug-likeness (QED) is 0.519. The number of carbonyl (C=O) groups is 2. The van der Waals surface area contributed by atoms with Crippen molar-refractivity contribution < 1.29 is 14.3 Å². The molecule has 4 rings (SSSR count). The minimum Gasteiger partial charge on any atom is -0.497 e. The Morgan fingerprint density at radius 3 is 2.32 bits per heavy atom. The summed E-state index contributed by atoms with van der Waals surface area (Å²) < 4.78 is 5.28. The van der Waals surface area contributed by atoms with Crippen LogP contribution < -0.4 is 15.0 Å². The number of nitrogens with one attached hydrogen (secondary N) is 1. The molecule has 0 saturated carbocycles. The number of rotatable bonds is 7. The average molecular weight is 431 g/mol. The number of amides is 2. The molecule has 2 amide bonds. The van der Waals surface area contributed by atoms with E-state index in [1.165, 1.54) is 16.7 Å². The number of imide groups is 1. The van der Waals surface area contributed by atoms with Crippen LogP contribution in [-0.4, -0.2) is 18.9 Å². The van der Waals surface area contributed by atoms with E-state index in [9.17, 15) is 9.59 Å². The molecule has 1 heterocycles. The third-order valence-electron chi connectivity index (χ3n) is 4.95. The van der Waals surface area contributed by atoms with E-state index < -0.39 is 0 Å². The molecule has 6 heteroatoms.